The summed E-state index contributed by atoms with van der Waals surface area (Å²) in [5.74, 6) is 0.697. The quantitative estimate of drug-likeness (QED) is 0.507. The van der Waals surface area contributed by atoms with Crippen molar-refractivity contribution in [1.29, 1.82) is 0 Å². The number of hydrogen-bond acceptors (Lipinski definition) is 4. The normalized spacial score (nSPS) is 29.5. The van der Waals surface area contributed by atoms with Gasteiger partial charge in [-0.1, -0.05) is 36.0 Å². The Balaban J connectivity index is 1.31. The van der Waals surface area contributed by atoms with Gasteiger partial charge in [-0.15, -0.1) is 0 Å². The lowest BCUT2D eigenvalue weighted by atomic mass is 9.86. The molecule has 35 heavy (non-hydrogen) atoms. The molecule has 5 nitrogen and oxygen atoms in total. The van der Waals surface area contributed by atoms with Gasteiger partial charge in [0.25, 0.3) is 0 Å². The molecule has 3 atom stereocenters. The van der Waals surface area contributed by atoms with Crippen molar-refractivity contribution < 1.29 is 4.39 Å². The smallest absolute Gasteiger partial charge is 0.0956 e. The van der Waals surface area contributed by atoms with E-state index in [0.29, 0.717) is 11.8 Å². The summed E-state index contributed by atoms with van der Waals surface area (Å²) < 4.78 is 16.4. The fourth-order valence-electron chi connectivity index (χ4n) is 5.98. The van der Waals surface area contributed by atoms with Crippen LogP contribution in [0, 0.1) is 11.8 Å². The molecule has 0 saturated carbocycles. The molecule has 4 heterocycles. The number of nitrogens with zero attached hydrogens (tertiary/aromatic N) is 5. The van der Waals surface area contributed by atoms with E-state index in [9.17, 15) is 4.39 Å². The van der Waals surface area contributed by atoms with E-state index in [1.54, 1.807) is 0 Å². The summed E-state index contributed by atoms with van der Waals surface area (Å²) in [4.78, 5) is 6.97. The van der Waals surface area contributed by atoms with Gasteiger partial charge in [-0.05, 0) is 57.4 Å². The minimum atomic E-state index is 0.0269. The molecule has 0 N–H and O–H groups in total. The number of aromatic nitrogens is 2. The van der Waals surface area contributed by atoms with Crippen LogP contribution in [-0.2, 0) is 0 Å². The van der Waals surface area contributed by atoms with Gasteiger partial charge in [0.05, 0.1) is 30.6 Å². The number of allylic oxidation sites excluding steroid dienone is 10. The summed E-state index contributed by atoms with van der Waals surface area (Å²) >= 11 is 0. The standard InChI is InChI=1S/C29H36FN5/c1-3-4-10-26-27(18-30)29(35-21-31-20-28(26)35)23-8-6-15-34(17-14-23)25-9-5-7-22(11-12-25)24-13-16-33(2)32-19-24/h3-4,10-13,16,18-21,23-24,29H,5-9,14-15,17H2,1-2H3/b4-3-,26-10+,27-18-. The van der Waals surface area contributed by atoms with Crippen LogP contribution < -0.4 is 0 Å². The van der Waals surface area contributed by atoms with Crippen molar-refractivity contribution in [2.45, 2.75) is 51.5 Å². The third-order valence-corrected chi connectivity index (χ3v) is 7.80. The highest BCUT2D eigenvalue weighted by atomic mass is 19.1. The second kappa shape index (κ2) is 10.6. The van der Waals surface area contributed by atoms with Crippen molar-refractivity contribution in [3.05, 3.63) is 84.0 Å². The molecule has 1 aromatic heterocycles. The predicted molar refractivity (Wildman–Crippen MR) is 141 cm³/mol. The Kier molecular flexibility index (Phi) is 7.16. The van der Waals surface area contributed by atoms with Gasteiger partial charge in [-0.25, -0.2) is 9.37 Å². The topological polar surface area (TPSA) is 36.7 Å². The Hall–Kier alpha value is -3.15. The highest BCUT2D eigenvalue weighted by molar-refractivity contribution is 5.82. The summed E-state index contributed by atoms with van der Waals surface area (Å²) in [5, 5.41) is 6.29. The fraction of sp³-hybridized carbons (Fsp3) is 0.448. The van der Waals surface area contributed by atoms with Crippen LogP contribution in [0.3, 0.4) is 0 Å². The molecule has 4 aliphatic rings. The maximum Gasteiger partial charge on any atom is 0.0956 e. The van der Waals surface area contributed by atoms with Crippen molar-refractivity contribution in [3.8, 4) is 0 Å². The van der Waals surface area contributed by atoms with Crippen LogP contribution in [0.1, 0.15) is 57.2 Å². The first kappa shape index (κ1) is 23.6. The number of fused-ring (bicyclic) bond motifs is 1. The van der Waals surface area contributed by atoms with E-state index < -0.39 is 0 Å². The SMILES string of the molecule is C\C=C/C=C1\C(=C\F)C(C2CCCN(C3=CC=C(C4C=CN(C)N=C4)CCC3)CC2)n2cncc21. The first-order valence-electron chi connectivity index (χ1n) is 12.9. The van der Waals surface area contributed by atoms with E-state index >= 15 is 0 Å². The Morgan fingerprint density at radius 3 is 2.83 bits per heavy atom. The van der Waals surface area contributed by atoms with Crippen LogP contribution in [0.25, 0.3) is 5.57 Å². The molecule has 6 heteroatoms. The molecule has 0 radical (unpaired) electrons. The van der Waals surface area contributed by atoms with Gasteiger partial charge in [0.1, 0.15) is 0 Å². The molecule has 0 amide bonds. The zero-order valence-corrected chi connectivity index (χ0v) is 20.9. The summed E-state index contributed by atoms with van der Waals surface area (Å²) in [5.41, 5.74) is 5.67. The first-order valence-corrected chi connectivity index (χ1v) is 12.9. The second-order valence-electron chi connectivity index (χ2n) is 9.94. The van der Waals surface area contributed by atoms with Gasteiger partial charge in [-0.3, -0.25) is 5.01 Å². The van der Waals surface area contributed by atoms with E-state index in [1.807, 2.05) is 62.1 Å². The Bertz CT molecular complexity index is 1120. The minimum Gasteiger partial charge on any atom is -0.375 e. The van der Waals surface area contributed by atoms with Crippen LogP contribution in [0.15, 0.2) is 83.5 Å². The number of halogens is 1. The second-order valence-corrected chi connectivity index (χ2v) is 9.94. The molecule has 1 aromatic rings. The fourth-order valence-corrected chi connectivity index (χ4v) is 5.98. The molecule has 3 unspecified atom stereocenters. The molecule has 3 aliphatic heterocycles. The van der Waals surface area contributed by atoms with Crippen LogP contribution in [-0.4, -0.2) is 45.8 Å². The monoisotopic (exact) mass is 473 g/mol. The van der Waals surface area contributed by atoms with Gasteiger partial charge >= 0.3 is 0 Å². The minimum absolute atomic E-state index is 0.0269. The number of hydrazone groups is 1. The number of rotatable bonds is 4. The zero-order chi connectivity index (χ0) is 24.2. The van der Waals surface area contributed by atoms with Crippen molar-refractivity contribution in [2.75, 3.05) is 20.1 Å². The first-order chi connectivity index (χ1) is 17.2. The molecule has 0 spiro atoms. The summed E-state index contributed by atoms with van der Waals surface area (Å²) in [6.07, 6.45) is 28.2. The van der Waals surface area contributed by atoms with E-state index in [2.05, 4.69) is 37.8 Å². The number of imidazole rings is 1. The highest BCUT2D eigenvalue weighted by Gasteiger charge is 2.37. The molecular weight excluding hydrogens is 437 g/mol. The van der Waals surface area contributed by atoms with E-state index in [0.717, 1.165) is 68.4 Å². The van der Waals surface area contributed by atoms with Gasteiger partial charge in [-0.2, -0.15) is 5.10 Å². The zero-order valence-electron chi connectivity index (χ0n) is 20.9. The largest absolute Gasteiger partial charge is 0.375 e. The van der Waals surface area contributed by atoms with E-state index in [-0.39, 0.29) is 6.04 Å². The molecule has 1 fully saturated rings. The third-order valence-electron chi connectivity index (χ3n) is 7.80. The maximum atomic E-state index is 14.2. The highest BCUT2D eigenvalue weighted by Crippen LogP contribution is 2.47. The van der Waals surface area contributed by atoms with Gasteiger partial charge < -0.3 is 9.47 Å². The van der Waals surface area contributed by atoms with E-state index in [1.165, 1.54) is 17.7 Å². The average molecular weight is 474 g/mol. The van der Waals surface area contributed by atoms with Crippen molar-refractivity contribution in [3.63, 3.8) is 0 Å². The summed E-state index contributed by atoms with van der Waals surface area (Å²) in [6.45, 7) is 4.07. The number of likely N-dealkylation sites (tertiary alicyclic amines) is 1. The predicted octanol–water partition coefficient (Wildman–Crippen LogP) is 6.41. The van der Waals surface area contributed by atoms with Gasteiger partial charge in [0, 0.05) is 55.3 Å². The lowest BCUT2D eigenvalue weighted by Crippen LogP contribution is -2.25. The van der Waals surface area contributed by atoms with Gasteiger partial charge in [0.2, 0.25) is 0 Å². The maximum absolute atomic E-state index is 14.2. The Morgan fingerprint density at radius 1 is 1.11 bits per heavy atom. The average Bonchev–Trinajstić information content (AvgIpc) is 3.23. The molecule has 184 valence electrons. The van der Waals surface area contributed by atoms with Crippen LogP contribution in [0.4, 0.5) is 4.39 Å². The van der Waals surface area contributed by atoms with Crippen molar-refractivity contribution in [1.82, 2.24) is 19.5 Å². The molecule has 5 rings (SSSR count). The molecule has 0 bridgehead atoms. The molecule has 1 aliphatic carbocycles. The Morgan fingerprint density at radius 2 is 2.03 bits per heavy atom. The number of hydrogen-bond donors (Lipinski definition) is 0. The van der Waals surface area contributed by atoms with E-state index in [4.69, 9.17) is 0 Å². The van der Waals surface area contributed by atoms with Crippen molar-refractivity contribution >= 4 is 11.8 Å². The lowest BCUT2D eigenvalue weighted by Gasteiger charge is -2.27. The molecule has 0 aromatic carbocycles. The van der Waals surface area contributed by atoms with Crippen LogP contribution in [0.5, 0.6) is 0 Å². The Labute approximate surface area is 208 Å². The summed E-state index contributed by atoms with van der Waals surface area (Å²) in [7, 11) is 1.96. The third kappa shape index (κ3) is 4.84. The lowest BCUT2D eigenvalue weighted by molar-refractivity contribution is 0.316. The van der Waals surface area contributed by atoms with Gasteiger partial charge in [0.15, 0.2) is 0 Å². The van der Waals surface area contributed by atoms with Crippen molar-refractivity contribution in [2.24, 2.45) is 16.9 Å². The molecular formula is C29H36FN5. The van der Waals surface area contributed by atoms with Crippen LogP contribution >= 0.6 is 0 Å². The summed E-state index contributed by atoms with van der Waals surface area (Å²) in [6, 6.07) is 0.0269. The van der Waals surface area contributed by atoms with Crippen LogP contribution in [0.2, 0.25) is 0 Å². The molecule has 1 saturated heterocycles.